The molecule has 3 aromatic heterocycles. The highest BCUT2D eigenvalue weighted by Gasteiger charge is 2.18. The number of benzene rings is 1. The first-order valence-corrected chi connectivity index (χ1v) is 7.17. The van der Waals surface area contributed by atoms with E-state index >= 15 is 0 Å². The van der Waals surface area contributed by atoms with Crippen molar-refractivity contribution in [3.8, 4) is 0 Å². The molecule has 0 saturated carbocycles. The molecule has 0 unspecified atom stereocenters. The van der Waals surface area contributed by atoms with Gasteiger partial charge in [-0.2, -0.15) is 0 Å². The van der Waals surface area contributed by atoms with E-state index in [1.54, 1.807) is 12.4 Å². The molecule has 9 nitrogen and oxygen atoms in total. The number of hydrogen-bond acceptors (Lipinski definition) is 5. The maximum atomic E-state index is 12.5. The van der Waals surface area contributed by atoms with Gasteiger partial charge in [0, 0.05) is 19.4 Å². The lowest BCUT2D eigenvalue weighted by atomic mass is 10.3. The van der Waals surface area contributed by atoms with Crippen LogP contribution in [0.2, 0.25) is 0 Å². The predicted octanol–water partition coefficient (Wildman–Crippen LogP) is 1.34. The number of para-hydroxylation sites is 2. The predicted molar refractivity (Wildman–Crippen MR) is 85.9 cm³/mol. The molecule has 120 valence electrons. The fraction of sp³-hybridized carbons (Fsp3) is 0.133. The second kappa shape index (κ2) is 5.01. The van der Waals surface area contributed by atoms with E-state index in [1.807, 2.05) is 35.9 Å². The van der Waals surface area contributed by atoms with Crippen LogP contribution in [-0.2, 0) is 13.6 Å². The maximum Gasteiger partial charge on any atom is 0.382 e. The van der Waals surface area contributed by atoms with Gasteiger partial charge in [0.15, 0.2) is 0 Å². The number of imidazole rings is 2. The van der Waals surface area contributed by atoms with Gasteiger partial charge in [0.25, 0.3) is 0 Å². The number of nitrogens with zero attached hydrogens (tertiary/aromatic N) is 6. The SMILES string of the molecule is Cn1c(Cn2ccn3cc([N+](=O)[O-])nc3c2=O)nc2ccccc21. The van der Waals surface area contributed by atoms with Gasteiger partial charge < -0.3 is 19.2 Å². The first-order valence-electron chi connectivity index (χ1n) is 7.17. The third kappa shape index (κ3) is 2.06. The molecular formula is C15H12N6O3. The standard InChI is InChI=1S/C15H12N6O3/c1-18-11-5-3-2-4-10(11)16-12(18)8-20-7-6-19-9-13(21(23)24)17-14(19)15(20)22/h2-7,9H,8H2,1H3. The van der Waals surface area contributed by atoms with Crippen molar-refractivity contribution in [2.24, 2.45) is 7.05 Å². The lowest BCUT2D eigenvalue weighted by Gasteiger charge is -2.05. The van der Waals surface area contributed by atoms with Crippen molar-refractivity contribution in [1.29, 1.82) is 0 Å². The van der Waals surface area contributed by atoms with Crippen LogP contribution in [0.15, 0.2) is 47.7 Å². The molecule has 1 aromatic carbocycles. The first kappa shape index (κ1) is 14.1. The number of hydrogen-bond donors (Lipinski definition) is 0. The number of fused-ring (bicyclic) bond motifs is 2. The Morgan fingerprint density at radius 3 is 2.75 bits per heavy atom. The average Bonchev–Trinajstić information content (AvgIpc) is 3.13. The van der Waals surface area contributed by atoms with Gasteiger partial charge in [-0.3, -0.25) is 9.20 Å². The Morgan fingerprint density at radius 2 is 2.00 bits per heavy atom. The molecule has 9 heteroatoms. The van der Waals surface area contributed by atoms with Crippen LogP contribution in [0.25, 0.3) is 16.7 Å². The van der Waals surface area contributed by atoms with Gasteiger partial charge in [-0.05, 0) is 22.0 Å². The van der Waals surface area contributed by atoms with Crippen LogP contribution in [-0.4, -0.2) is 28.4 Å². The van der Waals surface area contributed by atoms with Crippen molar-refractivity contribution in [2.45, 2.75) is 6.54 Å². The van der Waals surface area contributed by atoms with Crippen molar-refractivity contribution in [2.75, 3.05) is 0 Å². The number of aromatic nitrogens is 5. The second-order valence-corrected chi connectivity index (χ2v) is 5.39. The fourth-order valence-electron chi connectivity index (χ4n) is 2.70. The molecule has 0 amide bonds. The highest BCUT2D eigenvalue weighted by Crippen LogP contribution is 2.15. The van der Waals surface area contributed by atoms with E-state index in [1.165, 1.54) is 15.2 Å². The number of aryl methyl sites for hydroxylation is 1. The number of rotatable bonds is 3. The van der Waals surface area contributed by atoms with Crippen LogP contribution in [0.4, 0.5) is 5.82 Å². The summed E-state index contributed by atoms with van der Waals surface area (Å²) in [6.45, 7) is 0.251. The zero-order valence-electron chi connectivity index (χ0n) is 12.7. The van der Waals surface area contributed by atoms with E-state index in [2.05, 4.69) is 9.97 Å². The molecule has 0 aliphatic heterocycles. The van der Waals surface area contributed by atoms with Gasteiger partial charge in [-0.1, -0.05) is 12.1 Å². The molecule has 3 heterocycles. The molecule has 0 fully saturated rings. The summed E-state index contributed by atoms with van der Waals surface area (Å²) < 4.78 is 4.71. The molecule has 0 aliphatic carbocycles. The Balaban J connectivity index is 1.81. The van der Waals surface area contributed by atoms with E-state index in [0.717, 1.165) is 11.0 Å². The highest BCUT2D eigenvalue weighted by atomic mass is 16.6. The van der Waals surface area contributed by atoms with Crippen molar-refractivity contribution in [3.05, 3.63) is 69.1 Å². The minimum Gasteiger partial charge on any atom is -0.358 e. The first-order chi connectivity index (χ1) is 11.5. The summed E-state index contributed by atoms with van der Waals surface area (Å²) in [6.07, 6.45) is 4.36. The van der Waals surface area contributed by atoms with Crippen molar-refractivity contribution >= 4 is 22.5 Å². The quantitative estimate of drug-likeness (QED) is 0.418. The van der Waals surface area contributed by atoms with Gasteiger partial charge in [-0.25, -0.2) is 4.98 Å². The molecule has 0 radical (unpaired) electrons. The second-order valence-electron chi connectivity index (χ2n) is 5.39. The summed E-state index contributed by atoms with van der Waals surface area (Å²) >= 11 is 0. The Bertz CT molecular complexity index is 1150. The largest absolute Gasteiger partial charge is 0.382 e. The van der Waals surface area contributed by atoms with Gasteiger partial charge in [0.05, 0.1) is 17.6 Å². The third-order valence-electron chi connectivity index (χ3n) is 3.96. The van der Waals surface area contributed by atoms with Crippen molar-refractivity contribution in [3.63, 3.8) is 0 Å². The molecule has 4 aromatic rings. The zero-order chi connectivity index (χ0) is 16.8. The van der Waals surface area contributed by atoms with Crippen LogP contribution in [0.1, 0.15) is 5.82 Å². The summed E-state index contributed by atoms with van der Waals surface area (Å²) in [5.74, 6) is 0.358. The van der Waals surface area contributed by atoms with Crippen LogP contribution in [0.5, 0.6) is 0 Å². The average molecular weight is 324 g/mol. The smallest absolute Gasteiger partial charge is 0.358 e. The van der Waals surface area contributed by atoms with Crippen LogP contribution < -0.4 is 5.56 Å². The van der Waals surface area contributed by atoms with Gasteiger partial charge >= 0.3 is 17.0 Å². The van der Waals surface area contributed by atoms with Gasteiger partial charge in [0.1, 0.15) is 12.0 Å². The van der Waals surface area contributed by atoms with E-state index in [4.69, 9.17) is 0 Å². The van der Waals surface area contributed by atoms with Crippen LogP contribution >= 0.6 is 0 Å². The topological polar surface area (TPSA) is 100 Å². The Hall–Kier alpha value is -3.49. The van der Waals surface area contributed by atoms with E-state index in [9.17, 15) is 14.9 Å². The van der Waals surface area contributed by atoms with Crippen molar-refractivity contribution in [1.82, 2.24) is 23.5 Å². The summed E-state index contributed by atoms with van der Waals surface area (Å²) in [4.78, 5) is 31.0. The zero-order valence-corrected chi connectivity index (χ0v) is 12.7. The molecule has 4 rings (SSSR count). The number of nitro groups is 1. The van der Waals surface area contributed by atoms with Crippen LogP contribution in [0, 0.1) is 10.1 Å². The molecule has 0 spiro atoms. The molecular weight excluding hydrogens is 312 g/mol. The van der Waals surface area contributed by atoms with E-state index in [-0.39, 0.29) is 18.0 Å². The summed E-state index contributed by atoms with van der Waals surface area (Å²) in [7, 11) is 1.88. The summed E-state index contributed by atoms with van der Waals surface area (Å²) in [5, 5.41) is 10.8. The third-order valence-corrected chi connectivity index (χ3v) is 3.96. The Kier molecular flexibility index (Phi) is 2.95. The molecule has 0 saturated heterocycles. The molecule has 24 heavy (non-hydrogen) atoms. The Labute approximate surface area is 134 Å². The van der Waals surface area contributed by atoms with E-state index in [0.29, 0.717) is 5.82 Å². The van der Waals surface area contributed by atoms with E-state index < -0.39 is 10.5 Å². The van der Waals surface area contributed by atoms with Crippen LogP contribution in [0.3, 0.4) is 0 Å². The molecule has 0 aliphatic rings. The lowest BCUT2D eigenvalue weighted by Crippen LogP contribution is -2.23. The molecule has 0 bridgehead atoms. The fourth-order valence-corrected chi connectivity index (χ4v) is 2.70. The summed E-state index contributed by atoms with van der Waals surface area (Å²) in [6, 6.07) is 7.69. The maximum absolute atomic E-state index is 12.5. The molecule has 0 N–H and O–H groups in total. The highest BCUT2D eigenvalue weighted by molar-refractivity contribution is 5.75. The minimum absolute atomic E-state index is 0.0166. The lowest BCUT2D eigenvalue weighted by molar-refractivity contribution is -0.389. The molecule has 0 atom stereocenters. The normalized spacial score (nSPS) is 11.4. The monoisotopic (exact) mass is 324 g/mol. The van der Waals surface area contributed by atoms with Crippen molar-refractivity contribution < 1.29 is 4.92 Å². The van der Waals surface area contributed by atoms with Gasteiger partial charge in [0.2, 0.25) is 0 Å². The minimum atomic E-state index is -0.623. The van der Waals surface area contributed by atoms with Gasteiger partial charge in [-0.15, -0.1) is 0 Å². The summed E-state index contributed by atoms with van der Waals surface area (Å²) in [5.41, 5.74) is 1.43. The Morgan fingerprint density at radius 1 is 1.21 bits per heavy atom.